The quantitative estimate of drug-likeness (QED) is 0.829. The van der Waals surface area contributed by atoms with Crippen molar-refractivity contribution in [3.8, 4) is 0 Å². The van der Waals surface area contributed by atoms with Gasteiger partial charge in [-0.3, -0.25) is 10.1 Å². The van der Waals surface area contributed by atoms with E-state index in [2.05, 4.69) is 36.3 Å². The molecule has 0 aliphatic heterocycles. The maximum absolute atomic E-state index is 12.2. The molecular weight excluding hydrogens is 318 g/mol. The number of carbonyl (C=O) groups excluding carboxylic acids is 1. The summed E-state index contributed by atoms with van der Waals surface area (Å²) in [5, 5.41) is 12.2. The Kier molecular flexibility index (Phi) is 5.53. The Balaban J connectivity index is 2.01. The summed E-state index contributed by atoms with van der Waals surface area (Å²) in [5.74, 6) is 0.432. The van der Waals surface area contributed by atoms with Gasteiger partial charge >= 0.3 is 0 Å². The lowest BCUT2D eigenvalue weighted by molar-refractivity contribution is 0.102. The lowest BCUT2D eigenvalue weighted by Gasteiger charge is -2.18. The summed E-state index contributed by atoms with van der Waals surface area (Å²) in [6, 6.07) is 7.65. The van der Waals surface area contributed by atoms with Gasteiger partial charge in [0, 0.05) is 17.9 Å². The minimum atomic E-state index is -0.166. The van der Waals surface area contributed by atoms with Crippen molar-refractivity contribution >= 4 is 34.0 Å². The first-order valence-electron chi connectivity index (χ1n) is 7.20. The van der Waals surface area contributed by atoms with Crippen molar-refractivity contribution < 1.29 is 4.79 Å². The number of hydrogen-bond acceptors (Lipinski definition) is 4. The summed E-state index contributed by atoms with van der Waals surface area (Å²) < 4.78 is 0. The van der Waals surface area contributed by atoms with E-state index in [0.29, 0.717) is 16.6 Å². The molecule has 1 N–H and O–H groups in total. The van der Waals surface area contributed by atoms with Gasteiger partial charge in [-0.2, -0.15) is 0 Å². The molecule has 0 aliphatic carbocycles. The fourth-order valence-electron chi connectivity index (χ4n) is 1.91. The van der Waals surface area contributed by atoms with E-state index in [4.69, 9.17) is 11.6 Å². The zero-order chi connectivity index (χ0) is 16.2. The van der Waals surface area contributed by atoms with Crippen LogP contribution in [0.3, 0.4) is 0 Å². The molecule has 1 amide bonds. The lowest BCUT2D eigenvalue weighted by atomic mass is 9.87. The van der Waals surface area contributed by atoms with Crippen LogP contribution in [0.5, 0.6) is 0 Å². The second kappa shape index (κ2) is 7.20. The van der Waals surface area contributed by atoms with E-state index >= 15 is 0 Å². The van der Waals surface area contributed by atoms with Gasteiger partial charge in [-0.15, -0.1) is 21.8 Å². The molecule has 0 unspecified atom stereocenters. The molecule has 6 heteroatoms. The molecule has 2 rings (SSSR count). The number of carbonyl (C=O) groups is 1. The van der Waals surface area contributed by atoms with Crippen molar-refractivity contribution in [2.24, 2.45) is 0 Å². The molecule has 0 bridgehead atoms. The zero-order valence-corrected chi connectivity index (χ0v) is 14.6. The highest BCUT2D eigenvalue weighted by Crippen LogP contribution is 2.23. The van der Waals surface area contributed by atoms with E-state index in [1.807, 2.05) is 24.3 Å². The van der Waals surface area contributed by atoms with Gasteiger partial charge < -0.3 is 0 Å². The molecule has 2 aromatic rings. The Hall–Kier alpha value is -1.46. The molecule has 0 saturated carbocycles. The largest absolute Gasteiger partial charge is 0.296 e. The van der Waals surface area contributed by atoms with Gasteiger partial charge in [0.1, 0.15) is 5.01 Å². The third kappa shape index (κ3) is 4.52. The van der Waals surface area contributed by atoms with Crippen LogP contribution in [0.15, 0.2) is 24.3 Å². The van der Waals surface area contributed by atoms with E-state index in [1.54, 1.807) is 0 Å². The molecule has 0 fully saturated rings. The summed E-state index contributed by atoms with van der Waals surface area (Å²) >= 11 is 7.04. The van der Waals surface area contributed by atoms with Crippen LogP contribution in [0.25, 0.3) is 0 Å². The van der Waals surface area contributed by atoms with E-state index in [1.165, 1.54) is 16.9 Å². The van der Waals surface area contributed by atoms with Crippen molar-refractivity contribution in [1.29, 1.82) is 0 Å². The van der Waals surface area contributed by atoms with Crippen LogP contribution >= 0.6 is 22.9 Å². The highest BCUT2D eigenvalue weighted by atomic mass is 35.5. The summed E-state index contributed by atoms with van der Waals surface area (Å²) in [4.78, 5) is 12.2. The number of anilines is 1. The van der Waals surface area contributed by atoms with Gasteiger partial charge in [-0.05, 0) is 29.5 Å². The first kappa shape index (κ1) is 16.9. The Labute approximate surface area is 139 Å². The first-order valence-corrected chi connectivity index (χ1v) is 8.55. The van der Waals surface area contributed by atoms with Crippen molar-refractivity contribution in [3.63, 3.8) is 0 Å². The maximum Gasteiger partial charge on any atom is 0.257 e. The number of amides is 1. The smallest absolute Gasteiger partial charge is 0.257 e. The van der Waals surface area contributed by atoms with E-state index < -0.39 is 0 Å². The van der Waals surface area contributed by atoms with Gasteiger partial charge in [0.05, 0.1) is 0 Å². The standard InChI is InChI=1S/C16H20ClN3OS/c1-16(2,3)12-8-6-11(7-9-12)14(21)18-15-20-19-13(22-15)5-4-10-17/h6-9H,4-5,10H2,1-3H3,(H,18,20,21). The predicted octanol–water partition coefficient (Wildman–Crippen LogP) is 4.26. The van der Waals surface area contributed by atoms with Gasteiger partial charge in [-0.1, -0.05) is 44.2 Å². The first-order chi connectivity index (χ1) is 10.4. The van der Waals surface area contributed by atoms with E-state index in [-0.39, 0.29) is 11.3 Å². The number of benzene rings is 1. The molecule has 0 atom stereocenters. The number of nitrogens with one attached hydrogen (secondary N) is 1. The predicted molar refractivity (Wildman–Crippen MR) is 92.0 cm³/mol. The number of rotatable bonds is 5. The van der Waals surface area contributed by atoms with Gasteiger partial charge in [0.25, 0.3) is 5.91 Å². The topological polar surface area (TPSA) is 54.9 Å². The van der Waals surface area contributed by atoms with Crippen molar-refractivity contribution in [2.45, 2.75) is 39.0 Å². The molecule has 1 aromatic carbocycles. The number of alkyl halides is 1. The van der Waals surface area contributed by atoms with Crippen molar-refractivity contribution in [1.82, 2.24) is 10.2 Å². The highest BCUT2D eigenvalue weighted by Gasteiger charge is 2.15. The Morgan fingerprint density at radius 2 is 1.91 bits per heavy atom. The fourth-order valence-corrected chi connectivity index (χ4v) is 2.82. The minimum Gasteiger partial charge on any atom is -0.296 e. The van der Waals surface area contributed by atoms with Crippen LogP contribution in [0.4, 0.5) is 5.13 Å². The van der Waals surface area contributed by atoms with Crippen LogP contribution in [0.2, 0.25) is 0 Å². The molecule has 0 saturated heterocycles. The SMILES string of the molecule is CC(C)(C)c1ccc(C(=O)Nc2nnc(CCCCl)s2)cc1. The minimum absolute atomic E-state index is 0.0750. The Morgan fingerprint density at radius 1 is 1.23 bits per heavy atom. The highest BCUT2D eigenvalue weighted by molar-refractivity contribution is 7.15. The molecule has 4 nitrogen and oxygen atoms in total. The summed E-state index contributed by atoms with van der Waals surface area (Å²) in [5.41, 5.74) is 1.89. The Bertz CT molecular complexity index is 632. The lowest BCUT2D eigenvalue weighted by Crippen LogP contribution is -2.14. The van der Waals surface area contributed by atoms with E-state index in [0.717, 1.165) is 17.8 Å². The number of hydrogen-bond donors (Lipinski definition) is 1. The van der Waals surface area contributed by atoms with Crippen LogP contribution in [0.1, 0.15) is 48.1 Å². The zero-order valence-electron chi connectivity index (χ0n) is 13.0. The van der Waals surface area contributed by atoms with Crippen LogP contribution < -0.4 is 5.32 Å². The number of nitrogens with zero attached hydrogens (tertiary/aromatic N) is 2. The third-order valence-corrected chi connectivity index (χ3v) is 4.39. The average Bonchev–Trinajstić information content (AvgIpc) is 2.92. The van der Waals surface area contributed by atoms with Gasteiger partial charge in [0.15, 0.2) is 0 Å². The van der Waals surface area contributed by atoms with Crippen molar-refractivity contribution in [2.75, 3.05) is 11.2 Å². The number of aromatic nitrogens is 2. The van der Waals surface area contributed by atoms with Gasteiger partial charge in [0.2, 0.25) is 5.13 Å². The van der Waals surface area contributed by atoms with Crippen LogP contribution in [-0.2, 0) is 11.8 Å². The van der Waals surface area contributed by atoms with Gasteiger partial charge in [-0.25, -0.2) is 0 Å². The summed E-state index contributed by atoms with van der Waals surface area (Å²) in [6.45, 7) is 6.43. The Morgan fingerprint density at radius 3 is 2.50 bits per heavy atom. The molecule has 0 aliphatic rings. The number of halogens is 1. The molecule has 118 valence electrons. The second-order valence-electron chi connectivity index (χ2n) is 6.07. The third-order valence-electron chi connectivity index (χ3n) is 3.22. The molecule has 1 aromatic heterocycles. The maximum atomic E-state index is 12.2. The molecule has 0 radical (unpaired) electrons. The van der Waals surface area contributed by atoms with E-state index in [9.17, 15) is 4.79 Å². The van der Waals surface area contributed by atoms with Crippen LogP contribution in [-0.4, -0.2) is 22.0 Å². The molecule has 0 spiro atoms. The normalized spacial score (nSPS) is 11.5. The molecule has 22 heavy (non-hydrogen) atoms. The molecule has 1 heterocycles. The van der Waals surface area contributed by atoms with Crippen molar-refractivity contribution in [3.05, 3.63) is 40.4 Å². The average molecular weight is 338 g/mol. The molecular formula is C16H20ClN3OS. The van der Waals surface area contributed by atoms with Crippen LogP contribution in [0, 0.1) is 0 Å². The summed E-state index contributed by atoms with van der Waals surface area (Å²) in [7, 11) is 0. The summed E-state index contributed by atoms with van der Waals surface area (Å²) in [6.07, 6.45) is 1.65. The monoisotopic (exact) mass is 337 g/mol. The second-order valence-corrected chi connectivity index (χ2v) is 7.51. The fraction of sp³-hybridized carbons (Fsp3) is 0.438. The number of aryl methyl sites for hydroxylation is 1.